The molecule has 0 spiro atoms. The van der Waals surface area contributed by atoms with Crippen LogP contribution in [0.4, 0.5) is 0 Å². The Kier molecular flexibility index (Phi) is 4.23. The lowest BCUT2D eigenvalue weighted by Crippen LogP contribution is -2.32. The average molecular weight is 286 g/mol. The smallest absolute Gasteiger partial charge is 0.161 e. The van der Waals surface area contributed by atoms with Crippen molar-refractivity contribution in [2.24, 2.45) is 5.84 Å². The fourth-order valence-corrected chi connectivity index (χ4v) is 2.21. The molecule has 3 N–H and O–H groups in total. The van der Waals surface area contributed by atoms with Crippen molar-refractivity contribution < 1.29 is 14.2 Å². The molecule has 0 aromatic heterocycles. The van der Waals surface area contributed by atoms with Crippen molar-refractivity contribution in [3.63, 3.8) is 0 Å². The Morgan fingerprint density at radius 3 is 2.57 bits per heavy atom. The summed E-state index contributed by atoms with van der Waals surface area (Å²) in [5.74, 6) is 7.98. The van der Waals surface area contributed by atoms with E-state index in [-0.39, 0.29) is 6.04 Å². The Morgan fingerprint density at radius 2 is 1.81 bits per heavy atom. The summed E-state index contributed by atoms with van der Waals surface area (Å²) in [6, 6.07) is 15.3. The normalized spacial score (nSPS) is 14.5. The zero-order valence-electron chi connectivity index (χ0n) is 11.6. The summed E-state index contributed by atoms with van der Waals surface area (Å²) in [6.45, 7) is 1.58. The van der Waals surface area contributed by atoms with Crippen molar-refractivity contribution in [2.75, 3.05) is 19.8 Å². The van der Waals surface area contributed by atoms with Crippen LogP contribution in [0.5, 0.6) is 17.2 Å². The van der Waals surface area contributed by atoms with Gasteiger partial charge in [0.05, 0.1) is 6.04 Å². The summed E-state index contributed by atoms with van der Waals surface area (Å²) in [5.41, 5.74) is 3.77. The van der Waals surface area contributed by atoms with Crippen LogP contribution in [0.2, 0.25) is 0 Å². The number of hydrazine groups is 1. The molecule has 110 valence electrons. The Morgan fingerprint density at radius 1 is 1.05 bits per heavy atom. The molecule has 2 aromatic carbocycles. The van der Waals surface area contributed by atoms with Crippen LogP contribution in [0.1, 0.15) is 11.6 Å². The van der Waals surface area contributed by atoms with Gasteiger partial charge in [-0.2, -0.15) is 0 Å². The lowest BCUT2D eigenvalue weighted by atomic mass is 10.1. The molecule has 5 heteroatoms. The highest BCUT2D eigenvalue weighted by atomic mass is 16.6. The molecule has 0 fully saturated rings. The first-order chi connectivity index (χ1) is 10.4. The minimum absolute atomic E-state index is 0.124. The molecule has 5 nitrogen and oxygen atoms in total. The van der Waals surface area contributed by atoms with E-state index < -0.39 is 0 Å². The van der Waals surface area contributed by atoms with Crippen molar-refractivity contribution in [1.29, 1.82) is 0 Å². The van der Waals surface area contributed by atoms with Gasteiger partial charge in [-0.15, -0.1) is 0 Å². The quantitative estimate of drug-likeness (QED) is 0.650. The van der Waals surface area contributed by atoms with E-state index in [1.54, 1.807) is 0 Å². The van der Waals surface area contributed by atoms with Crippen LogP contribution < -0.4 is 25.5 Å². The number of para-hydroxylation sites is 1. The first-order valence-corrected chi connectivity index (χ1v) is 6.90. The number of nitrogens with two attached hydrogens (primary N) is 1. The van der Waals surface area contributed by atoms with Gasteiger partial charge in [-0.05, 0) is 29.8 Å². The summed E-state index contributed by atoms with van der Waals surface area (Å²) in [5, 5.41) is 0. The summed E-state index contributed by atoms with van der Waals surface area (Å²) in [6.07, 6.45) is 0. The van der Waals surface area contributed by atoms with Crippen LogP contribution in [-0.4, -0.2) is 19.8 Å². The van der Waals surface area contributed by atoms with Crippen LogP contribution in [-0.2, 0) is 0 Å². The van der Waals surface area contributed by atoms with Crippen molar-refractivity contribution in [3.05, 3.63) is 54.1 Å². The van der Waals surface area contributed by atoms with Crippen molar-refractivity contribution >= 4 is 0 Å². The Balaban J connectivity index is 1.71. The van der Waals surface area contributed by atoms with Gasteiger partial charge in [0.25, 0.3) is 0 Å². The van der Waals surface area contributed by atoms with E-state index >= 15 is 0 Å². The summed E-state index contributed by atoms with van der Waals surface area (Å²) in [4.78, 5) is 0. The molecule has 1 atom stereocenters. The molecule has 0 saturated heterocycles. The molecule has 0 saturated carbocycles. The maximum atomic E-state index is 5.74. The molecule has 1 aliphatic rings. The second-order valence-electron chi connectivity index (χ2n) is 4.75. The first-order valence-electron chi connectivity index (χ1n) is 6.90. The number of hydrogen-bond acceptors (Lipinski definition) is 5. The third kappa shape index (κ3) is 3.26. The van der Waals surface area contributed by atoms with Gasteiger partial charge in [-0.3, -0.25) is 5.84 Å². The predicted octanol–water partition coefficient (Wildman–Crippen LogP) is 2.04. The van der Waals surface area contributed by atoms with Gasteiger partial charge < -0.3 is 14.2 Å². The van der Waals surface area contributed by atoms with Gasteiger partial charge in [0.15, 0.2) is 11.5 Å². The SMILES string of the molecule is NNC(COc1ccccc1)c1ccc2c(c1)OCCO2. The fourth-order valence-electron chi connectivity index (χ4n) is 2.21. The fraction of sp³-hybridized carbons (Fsp3) is 0.250. The molecule has 21 heavy (non-hydrogen) atoms. The van der Waals surface area contributed by atoms with E-state index in [1.165, 1.54) is 0 Å². The van der Waals surface area contributed by atoms with Gasteiger partial charge in [0.2, 0.25) is 0 Å². The number of nitrogens with one attached hydrogen (secondary N) is 1. The second kappa shape index (κ2) is 6.47. The largest absolute Gasteiger partial charge is 0.492 e. The molecule has 0 amide bonds. The van der Waals surface area contributed by atoms with Crippen LogP contribution in [0.3, 0.4) is 0 Å². The van der Waals surface area contributed by atoms with Gasteiger partial charge in [0.1, 0.15) is 25.6 Å². The number of rotatable bonds is 5. The van der Waals surface area contributed by atoms with Crippen molar-refractivity contribution in [2.45, 2.75) is 6.04 Å². The first kappa shape index (κ1) is 13.7. The molecule has 2 aromatic rings. The highest BCUT2D eigenvalue weighted by molar-refractivity contribution is 5.44. The molecule has 0 radical (unpaired) electrons. The second-order valence-corrected chi connectivity index (χ2v) is 4.75. The number of benzene rings is 2. The molecule has 1 heterocycles. The van der Waals surface area contributed by atoms with E-state index in [0.29, 0.717) is 19.8 Å². The van der Waals surface area contributed by atoms with Gasteiger partial charge in [-0.1, -0.05) is 24.3 Å². The van der Waals surface area contributed by atoms with Gasteiger partial charge in [-0.25, -0.2) is 5.43 Å². The predicted molar refractivity (Wildman–Crippen MR) is 79.4 cm³/mol. The van der Waals surface area contributed by atoms with Crippen LogP contribution in [0.25, 0.3) is 0 Å². The third-order valence-corrected chi connectivity index (χ3v) is 3.33. The zero-order chi connectivity index (χ0) is 14.5. The Hall–Kier alpha value is -2.24. The van der Waals surface area contributed by atoms with E-state index in [0.717, 1.165) is 22.8 Å². The summed E-state index contributed by atoms with van der Waals surface area (Å²) < 4.78 is 16.8. The highest BCUT2D eigenvalue weighted by Crippen LogP contribution is 2.32. The average Bonchev–Trinajstić information content (AvgIpc) is 2.56. The maximum absolute atomic E-state index is 5.74. The molecular weight excluding hydrogens is 268 g/mol. The van der Waals surface area contributed by atoms with Crippen LogP contribution >= 0.6 is 0 Å². The molecule has 1 aliphatic heterocycles. The van der Waals surface area contributed by atoms with E-state index in [2.05, 4.69) is 5.43 Å². The molecule has 3 rings (SSSR count). The van der Waals surface area contributed by atoms with E-state index in [1.807, 2.05) is 48.5 Å². The van der Waals surface area contributed by atoms with Crippen molar-refractivity contribution in [1.82, 2.24) is 5.43 Å². The highest BCUT2D eigenvalue weighted by Gasteiger charge is 2.16. The van der Waals surface area contributed by atoms with Gasteiger partial charge in [0, 0.05) is 0 Å². The topological polar surface area (TPSA) is 65.7 Å². The molecule has 0 aliphatic carbocycles. The molecule has 0 bridgehead atoms. The maximum Gasteiger partial charge on any atom is 0.161 e. The standard InChI is InChI=1S/C16H18N2O3/c17-18-14(11-21-13-4-2-1-3-5-13)12-6-7-15-16(10-12)20-9-8-19-15/h1-7,10,14,18H,8-9,11,17H2. The Bertz CT molecular complexity index is 589. The zero-order valence-corrected chi connectivity index (χ0v) is 11.6. The van der Waals surface area contributed by atoms with Crippen molar-refractivity contribution in [3.8, 4) is 17.2 Å². The number of ether oxygens (including phenoxy) is 3. The minimum atomic E-state index is -0.124. The minimum Gasteiger partial charge on any atom is -0.492 e. The molecule has 1 unspecified atom stereocenters. The number of hydrogen-bond donors (Lipinski definition) is 2. The van der Waals surface area contributed by atoms with Crippen LogP contribution in [0, 0.1) is 0 Å². The summed E-state index contributed by atoms with van der Waals surface area (Å²) in [7, 11) is 0. The van der Waals surface area contributed by atoms with Crippen LogP contribution in [0.15, 0.2) is 48.5 Å². The molecular formula is C16H18N2O3. The van der Waals surface area contributed by atoms with Gasteiger partial charge >= 0.3 is 0 Å². The summed E-state index contributed by atoms with van der Waals surface area (Å²) >= 11 is 0. The number of fused-ring (bicyclic) bond motifs is 1. The third-order valence-electron chi connectivity index (χ3n) is 3.33. The monoisotopic (exact) mass is 286 g/mol. The van der Waals surface area contributed by atoms with E-state index in [4.69, 9.17) is 20.1 Å². The lowest BCUT2D eigenvalue weighted by Gasteiger charge is -2.22. The van der Waals surface area contributed by atoms with E-state index in [9.17, 15) is 0 Å². The lowest BCUT2D eigenvalue weighted by molar-refractivity contribution is 0.171. The Labute approximate surface area is 123 Å².